The SMILES string of the molecule is CC(C)C(=O)Nc1cccc(-c2cccc3cc(C(=O)N[C@H]4CN5CCC4CC5)oc23)c1.Cl. The Kier molecular flexibility index (Phi) is 6.77. The molecule has 1 atom stereocenters. The molecule has 3 aliphatic rings. The predicted molar refractivity (Wildman–Crippen MR) is 133 cm³/mol. The highest BCUT2D eigenvalue weighted by Gasteiger charge is 2.35. The van der Waals surface area contributed by atoms with Gasteiger partial charge >= 0.3 is 0 Å². The van der Waals surface area contributed by atoms with Crippen molar-refractivity contribution in [3.8, 4) is 11.1 Å². The second-order valence-corrected chi connectivity index (χ2v) is 9.28. The van der Waals surface area contributed by atoms with E-state index in [0.29, 0.717) is 17.3 Å². The minimum absolute atomic E-state index is 0. The van der Waals surface area contributed by atoms with Gasteiger partial charge in [-0.1, -0.05) is 44.2 Å². The average Bonchev–Trinajstić information content (AvgIpc) is 3.25. The number of carbonyl (C=O) groups is 2. The van der Waals surface area contributed by atoms with E-state index in [2.05, 4.69) is 15.5 Å². The predicted octanol–water partition coefficient (Wildman–Crippen LogP) is 4.94. The topological polar surface area (TPSA) is 74.6 Å². The molecule has 3 fully saturated rings. The van der Waals surface area contributed by atoms with E-state index in [9.17, 15) is 9.59 Å². The van der Waals surface area contributed by atoms with Gasteiger partial charge in [0, 0.05) is 35.1 Å². The highest BCUT2D eigenvalue weighted by atomic mass is 35.5. The molecule has 6 nitrogen and oxygen atoms in total. The maximum absolute atomic E-state index is 13.0. The number of anilines is 1. The standard InChI is InChI=1S/C26H29N3O3.ClH/c1-16(2)25(30)27-20-7-3-5-18(13-20)21-8-4-6-19-14-23(32-24(19)21)26(31)28-22-15-29-11-9-17(22)10-12-29;/h3-8,13-14,16-17,22H,9-12,15H2,1-2H3,(H,27,30)(H,28,31);1H/t22-;/m0./s1. The van der Waals surface area contributed by atoms with Gasteiger partial charge in [0.15, 0.2) is 5.76 Å². The van der Waals surface area contributed by atoms with E-state index in [4.69, 9.17) is 4.42 Å². The van der Waals surface area contributed by atoms with Gasteiger partial charge in [0.05, 0.1) is 0 Å². The lowest BCUT2D eigenvalue weighted by atomic mass is 9.84. The maximum atomic E-state index is 13.0. The van der Waals surface area contributed by atoms with Gasteiger partial charge in [-0.15, -0.1) is 12.4 Å². The van der Waals surface area contributed by atoms with Crippen LogP contribution in [-0.4, -0.2) is 42.4 Å². The molecule has 0 unspecified atom stereocenters. The Hall–Kier alpha value is -2.83. The maximum Gasteiger partial charge on any atom is 0.287 e. The van der Waals surface area contributed by atoms with Crippen LogP contribution in [-0.2, 0) is 4.79 Å². The van der Waals surface area contributed by atoms with Gasteiger partial charge in [-0.05, 0) is 55.6 Å². The van der Waals surface area contributed by atoms with Crippen LogP contribution in [0.15, 0.2) is 52.9 Å². The van der Waals surface area contributed by atoms with Gasteiger partial charge in [-0.25, -0.2) is 0 Å². The van der Waals surface area contributed by atoms with Crippen LogP contribution in [0.4, 0.5) is 5.69 Å². The molecule has 3 aliphatic heterocycles. The van der Waals surface area contributed by atoms with Crippen molar-refractivity contribution in [3.05, 3.63) is 54.3 Å². The van der Waals surface area contributed by atoms with Crippen LogP contribution in [0.1, 0.15) is 37.2 Å². The van der Waals surface area contributed by atoms with Gasteiger partial charge < -0.3 is 20.0 Å². The number of carbonyl (C=O) groups excluding carboxylic acids is 2. The quantitative estimate of drug-likeness (QED) is 0.557. The van der Waals surface area contributed by atoms with Crippen LogP contribution >= 0.6 is 12.4 Å². The number of benzene rings is 2. The van der Waals surface area contributed by atoms with Crippen LogP contribution in [0.3, 0.4) is 0 Å². The number of hydrogen-bond donors (Lipinski definition) is 2. The minimum atomic E-state index is -0.149. The molecule has 2 bridgehead atoms. The van der Waals surface area contributed by atoms with E-state index >= 15 is 0 Å². The van der Waals surface area contributed by atoms with Gasteiger partial charge in [0.2, 0.25) is 5.91 Å². The molecular formula is C26H30ClN3O3. The van der Waals surface area contributed by atoms with Crippen molar-refractivity contribution in [2.24, 2.45) is 11.8 Å². The van der Waals surface area contributed by atoms with E-state index in [0.717, 1.165) is 54.7 Å². The smallest absolute Gasteiger partial charge is 0.287 e. The van der Waals surface area contributed by atoms with E-state index in [1.165, 1.54) is 0 Å². The number of fused-ring (bicyclic) bond motifs is 4. The van der Waals surface area contributed by atoms with Gasteiger partial charge in [0.25, 0.3) is 5.91 Å². The molecule has 3 aromatic rings. The zero-order valence-corrected chi connectivity index (χ0v) is 19.8. The number of nitrogens with one attached hydrogen (secondary N) is 2. The van der Waals surface area contributed by atoms with Crippen molar-refractivity contribution in [1.82, 2.24) is 10.2 Å². The summed E-state index contributed by atoms with van der Waals surface area (Å²) in [5.41, 5.74) is 3.24. The zero-order chi connectivity index (χ0) is 22.2. The molecule has 33 heavy (non-hydrogen) atoms. The van der Waals surface area contributed by atoms with Crippen molar-refractivity contribution in [1.29, 1.82) is 0 Å². The second kappa shape index (κ2) is 9.57. The molecule has 2 N–H and O–H groups in total. The summed E-state index contributed by atoms with van der Waals surface area (Å²) in [6.07, 6.45) is 2.30. The Labute approximate surface area is 200 Å². The monoisotopic (exact) mass is 467 g/mol. The fourth-order valence-electron chi connectivity index (χ4n) is 4.82. The first-order chi connectivity index (χ1) is 15.5. The largest absolute Gasteiger partial charge is 0.450 e. The molecule has 2 aromatic carbocycles. The number of furan rings is 1. The minimum Gasteiger partial charge on any atom is -0.450 e. The fourth-order valence-corrected chi connectivity index (χ4v) is 4.82. The average molecular weight is 468 g/mol. The lowest BCUT2D eigenvalue weighted by molar-refractivity contribution is -0.118. The molecule has 0 saturated carbocycles. The third-order valence-electron chi connectivity index (χ3n) is 6.71. The third kappa shape index (κ3) is 4.77. The summed E-state index contributed by atoms with van der Waals surface area (Å²) in [6.45, 7) is 6.94. The number of piperidine rings is 3. The summed E-state index contributed by atoms with van der Waals surface area (Å²) in [7, 11) is 0. The van der Waals surface area contributed by atoms with Gasteiger partial charge in [-0.2, -0.15) is 0 Å². The van der Waals surface area contributed by atoms with Crippen molar-refractivity contribution in [3.63, 3.8) is 0 Å². The van der Waals surface area contributed by atoms with Crippen molar-refractivity contribution in [2.75, 3.05) is 25.0 Å². The number of halogens is 1. The summed E-state index contributed by atoms with van der Waals surface area (Å²) in [6, 6.07) is 15.6. The van der Waals surface area contributed by atoms with E-state index in [1.807, 2.05) is 62.4 Å². The molecule has 2 amide bonds. The van der Waals surface area contributed by atoms with Crippen LogP contribution < -0.4 is 10.6 Å². The molecule has 0 spiro atoms. The van der Waals surface area contributed by atoms with Crippen molar-refractivity contribution >= 4 is 40.9 Å². The lowest BCUT2D eigenvalue weighted by Gasteiger charge is -2.44. The molecule has 6 rings (SSSR count). The molecular weight excluding hydrogens is 438 g/mol. The van der Waals surface area contributed by atoms with Crippen LogP contribution in [0.2, 0.25) is 0 Å². The molecule has 0 aliphatic carbocycles. The first-order valence-electron chi connectivity index (χ1n) is 11.4. The Morgan fingerprint density at radius 1 is 1.06 bits per heavy atom. The van der Waals surface area contributed by atoms with E-state index < -0.39 is 0 Å². The summed E-state index contributed by atoms with van der Waals surface area (Å²) >= 11 is 0. The second-order valence-electron chi connectivity index (χ2n) is 9.28. The Morgan fingerprint density at radius 3 is 2.52 bits per heavy atom. The highest BCUT2D eigenvalue weighted by Crippen LogP contribution is 2.33. The van der Waals surface area contributed by atoms with Crippen LogP contribution in [0.5, 0.6) is 0 Å². The Bertz CT molecular complexity index is 1160. The molecule has 7 heteroatoms. The van der Waals surface area contributed by atoms with Gasteiger partial charge in [0.1, 0.15) is 5.58 Å². The molecule has 0 radical (unpaired) electrons. The first kappa shape index (κ1) is 23.3. The van der Waals surface area contributed by atoms with E-state index in [1.54, 1.807) is 0 Å². The summed E-state index contributed by atoms with van der Waals surface area (Å²) < 4.78 is 6.08. The number of amides is 2. The normalized spacial score (nSPS) is 21.6. The van der Waals surface area contributed by atoms with Crippen molar-refractivity contribution < 1.29 is 14.0 Å². The fraction of sp³-hybridized carbons (Fsp3) is 0.385. The Morgan fingerprint density at radius 2 is 1.82 bits per heavy atom. The lowest BCUT2D eigenvalue weighted by Crippen LogP contribution is -2.57. The highest BCUT2D eigenvalue weighted by molar-refractivity contribution is 6.00. The zero-order valence-electron chi connectivity index (χ0n) is 19.0. The molecule has 4 heterocycles. The summed E-state index contributed by atoms with van der Waals surface area (Å²) in [5.74, 6) is 0.638. The first-order valence-corrected chi connectivity index (χ1v) is 11.4. The molecule has 174 valence electrons. The summed E-state index contributed by atoms with van der Waals surface area (Å²) in [5, 5.41) is 7.04. The van der Waals surface area contributed by atoms with Crippen molar-refractivity contribution in [2.45, 2.75) is 32.7 Å². The molecule has 1 aromatic heterocycles. The summed E-state index contributed by atoms with van der Waals surface area (Å²) in [4.78, 5) is 27.5. The third-order valence-corrected chi connectivity index (χ3v) is 6.71. The van der Waals surface area contributed by atoms with Gasteiger partial charge in [-0.3, -0.25) is 9.59 Å². The number of para-hydroxylation sites is 1. The van der Waals surface area contributed by atoms with Crippen LogP contribution in [0, 0.1) is 11.8 Å². The number of hydrogen-bond acceptors (Lipinski definition) is 4. The number of nitrogens with zero attached hydrogens (tertiary/aromatic N) is 1. The number of rotatable bonds is 5. The van der Waals surface area contributed by atoms with E-state index in [-0.39, 0.29) is 36.2 Å². The van der Waals surface area contributed by atoms with Crippen LogP contribution in [0.25, 0.3) is 22.1 Å². The molecule has 3 saturated heterocycles. The Balaban J connectivity index is 0.00000259.